The maximum absolute atomic E-state index is 12.4. The molecule has 8 heteroatoms. The minimum absolute atomic E-state index is 0.0182. The molecule has 0 unspecified atom stereocenters. The fourth-order valence-electron chi connectivity index (χ4n) is 3.31. The van der Waals surface area contributed by atoms with Gasteiger partial charge in [0.05, 0.1) is 23.4 Å². The Bertz CT molecular complexity index is 1140. The number of thioether (sulfide) groups is 1. The van der Waals surface area contributed by atoms with Gasteiger partial charge in [0.25, 0.3) is 0 Å². The normalized spacial score (nSPS) is 10.8. The number of aromatic nitrogens is 3. The Morgan fingerprint density at radius 3 is 2.66 bits per heavy atom. The Hall–Kier alpha value is -3.10. The maximum atomic E-state index is 12.4. The zero-order valence-electron chi connectivity index (χ0n) is 17.7. The molecule has 0 fully saturated rings. The van der Waals surface area contributed by atoms with Crippen molar-refractivity contribution < 1.29 is 9.53 Å². The van der Waals surface area contributed by atoms with E-state index in [0.29, 0.717) is 11.7 Å². The molecule has 0 saturated carbocycles. The summed E-state index contributed by atoms with van der Waals surface area (Å²) in [4.78, 5) is 13.4. The van der Waals surface area contributed by atoms with Crippen LogP contribution in [-0.4, -0.2) is 40.1 Å². The lowest BCUT2D eigenvalue weighted by molar-refractivity contribution is -0.118. The van der Waals surface area contributed by atoms with E-state index in [1.165, 1.54) is 17.3 Å². The van der Waals surface area contributed by atoms with E-state index < -0.39 is 0 Å². The van der Waals surface area contributed by atoms with Gasteiger partial charge in [0.1, 0.15) is 5.75 Å². The van der Waals surface area contributed by atoms with Gasteiger partial charge in [-0.3, -0.25) is 9.36 Å². The Kier molecular flexibility index (Phi) is 7.58. The van der Waals surface area contributed by atoms with Gasteiger partial charge in [0, 0.05) is 6.54 Å². The highest BCUT2D eigenvalue weighted by Gasteiger charge is 2.20. The number of nitrogens with one attached hydrogen (secondary N) is 1. The average molecular weight is 465 g/mol. The zero-order chi connectivity index (χ0) is 22.2. The number of carbonyl (C=O) groups is 1. The molecule has 164 valence electrons. The lowest BCUT2D eigenvalue weighted by atomic mass is 10.1. The Morgan fingerprint density at radius 2 is 1.88 bits per heavy atom. The van der Waals surface area contributed by atoms with Crippen LogP contribution in [0.4, 0.5) is 0 Å². The minimum Gasteiger partial charge on any atom is -0.495 e. The second-order valence-electron chi connectivity index (χ2n) is 7.02. The molecule has 0 aliphatic carbocycles. The molecule has 0 atom stereocenters. The summed E-state index contributed by atoms with van der Waals surface area (Å²) >= 11 is 2.96. The topological polar surface area (TPSA) is 69.0 Å². The van der Waals surface area contributed by atoms with Crippen LogP contribution in [0.5, 0.6) is 5.75 Å². The number of ether oxygens (including phenoxy) is 1. The van der Waals surface area contributed by atoms with Gasteiger partial charge in [-0.1, -0.05) is 60.3 Å². The van der Waals surface area contributed by atoms with Crippen molar-refractivity contribution in [3.8, 4) is 22.1 Å². The third kappa shape index (κ3) is 5.38. The molecule has 6 nitrogen and oxygen atoms in total. The van der Waals surface area contributed by atoms with Gasteiger partial charge >= 0.3 is 0 Å². The van der Waals surface area contributed by atoms with Gasteiger partial charge in [0.15, 0.2) is 11.0 Å². The first-order chi connectivity index (χ1) is 15.8. The molecule has 0 radical (unpaired) electrons. The predicted molar refractivity (Wildman–Crippen MR) is 130 cm³/mol. The molecule has 0 aliphatic rings. The van der Waals surface area contributed by atoms with Crippen molar-refractivity contribution in [1.29, 1.82) is 0 Å². The van der Waals surface area contributed by atoms with E-state index >= 15 is 0 Å². The summed E-state index contributed by atoms with van der Waals surface area (Å²) < 4.78 is 7.52. The molecule has 2 aromatic carbocycles. The van der Waals surface area contributed by atoms with E-state index in [2.05, 4.69) is 27.6 Å². The van der Waals surface area contributed by atoms with E-state index in [-0.39, 0.29) is 11.7 Å². The monoisotopic (exact) mass is 464 g/mol. The number of carbonyl (C=O) groups excluding carboxylic acids is 1. The first-order valence-corrected chi connectivity index (χ1v) is 12.2. The molecule has 1 N–H and O–H groups in total. The van der Waals surface area contributed by atoms with Gasteiger partial charge in [0.2, 0.25) is 5.91 Å². The summed E-state index contributed by atoms with van der Waals surface area (Å²) in [6, 6.07) is 22.0. The zero-order valence-corrected chi connectivity index (χ0v) is 19.4. The fraction of sp³-hybridized carbons (Fsp3) is 0.208. The highest BCUT2D eigenvalue weighted by molar-refractivity contribution is 7.99. The molecule has 0 aliphatic heterocycles. The molecule has 2 aromatic heterocycles. The van der Waals surface area contributed by atoms with Crippen molar-refractivity contribution >= 4 is 29.0 Å². The Balaban J connectivity index is 1.43. The van der Waals surface area contributed by atoms with E-state index in [0.717, 1.165) is 35.0 Å². The first-order valence-electron chi connectivity index (χ1n) is 10.3. The summed E-state index contributed by atoms with van der Waals surface area (Å²) in [7, 11) is 1.64. The molecule has 1 amide bonds. The molecule has 0 saturated heterocycles. The van der Waals surface area contributed by atoms with Gasteiger partial charge in [-0.15, -0.1) is 21.5 Å². The average Bonchev–Trinajstić information content (AvgIpc) is 3.51. The quantitative estimate of drug-likeness (QED) is 0.269. The van der Waals surface area contributed by atoms with Gasteiger partial charge in [-0.05, 0) is 42.0 Å². The van der Waals surface area contributed by atoms with Crippen LogP contribution in [0.15, 0.2) is 77.3 Å². The van der Waals surface area contributed by atoms with Crippen LogP contribution in [-0.2, 0) is 11.2 Å². The van der Waals surface area contributed by atoms with E-state index in [1.54, 1.807) is 18.4 Å². The van der Waals surface area contributed by atoms with Crippen LogP contribution in [0.1, 0.15) is 12.0 Å². The van der Waals surface area contributed by atoms with Gasteiger partial charge in [-0.25, -0.2) is 0 Å². The molecule has 0 spiro atoms. The molecular formula is C24H24N4O2S2. The Morgan fingerprint density at radius 1 is 1.06 bits per heavy atom. The van der Waals surface area contributed by atoms with E-state index in [4.69, 9.17) is 4.74 Å². The van der Waals surface area contributed by atoms with Crippen LogP contribution in [0.2, 0.25) is 0 Å². The second kappa shape index (κ2) is 11.0. The second-order valence-corrected chi connectivity index (χ2v) is 8.91. The largest absolute Gasteiger partial charge is 0.495 e. The van der Waals surface area contributed by atoms with Crippen molar-refractivity contribution in [3.63, 3.8) is 0 Å². The van der Waals surface area contributed by atoms with Crippen LogP contribution in [0.25, 0.3) is 16.4 Å². The fourth-order valence-corrected chi connectivity index (χ4v) is 4.78. The smallest absolute Gasteiger partial charge is 0.230 e. The highest BCUT2D eigenvalue weighted by atomic mass is 32.2. The summed E-state index contributed by atoms with van der Waals surface area (Å²) in [5, 5.41) is 14.4. The number of aryl methyl sites for hydroxylation is 1. The van der Waals surface area contributed by atoms with E-state index in [9.17, 15) is 4.79 Å². The van der Waals surface area contributed by atoms with Crippen molar-refractivity contribution in [2.24, 2.45) is 0 Å². The molecule has 4 aromatic rings. The number of thiophene rings is 1. The SMILES string of the molecule is COc1ccccc1-n1c(SCC(=O)NCCCc2ccccc2)nnc1-c1cccs1. The van der Waals surface area contributed by atoms with Crippen LogP contribution in [0, 0.1) is 0 Å². The van der Waals surface area contributed by atoms with Crippen LogP contribution >= 0.6 is 23.1 Å². The number of nitrogens with zero attached hydrogens (tertiary/aromatic N) is 3. The number of methoxy groups -OCH3 is 1. The lowest BCUT2D eigenvalue weighted by Gasteiger charge is -2.13. The summed E-state index contributed by atoms with van der Waals surface area (Å²) in [5.41, 5.74) is 2.12. The number of hydrogen-bond donors (Lipinski definition) is 1. The maximum Gasteiger partial charge on any atom is 0.230 e. The number of rotatable bonds is 10. The van der Waals surface area contributed by atoms with E-state index in [1.807, 2.05) is 64.5 Å². The lowest BCUT2D eigenvalue weighted by Crippen LogP contribution is -2.26. The molecule has 32 heavy (non-hydrogen) atoms. The number of benzene rings is 2. The van der Waals surface area contributed by atoms with Gasteiger partial charge < -0.3 is 10.1 Å². The number of amides is 1. The standard InChI is InChI=1S/C24H24N4O2S2/c1-30-20-13-6-5-12-19(20)28-23(21-14-8-16-31-21)26-27-24(28)32-17-22(29)25-15-7-11-18-9-3-2-4-10-18/h2-6,8-10,12-14,16H,7,11,15,17H2,1H3,(H,25,29). The van der Waals surface area contributed by atoms with Crippen molar-refractivity contribution in [3.05, 3.63) is 77.7 Å². The number of hydrogen-bond acceptors (Lipinski definition) is 6. The van der Waals surface area contributed by atoms with Gasteiger partial charge in [-0.2, -0.15) is 0 Å². The Labute approximate surface area is 195 Å². The first kappa shape index (κ1) is 22.1. The van der Waals surface area contributed by atoms with Crippen LogP contribution in [0.3, 0.4) is 0 Å². The van der Waals surface area contributed by atoms with Crippen LogP contribution < -0.4 is 10.1 Å². The summed E-state index contributed by atoms with van der Waals surface area (Å²) in [6.07, 6.45) is 1.85. The molecule has 2 heterocycles. The van der Waals surface area contributed by atoms with Crippen molar-refractivity contribution in [2.45, 2.75) is 18.0 Å². The summed E-state index contributed by atoms with van der Waals surface area (Å²) in [6.45, 7) is 0.647. The van der Waals surface area contributed by atoms with Crippen molar-refractivity contribution in [1.82, 2.24) is 20.1 Å². The predicted octanol–water partition coefficient (Wildman–Crippen LogP) is 4.85. The van der Waals surface area contributed by atoms with Crippen molar-refractivity contribution in [2.75, 3.05) is 19.4 Å². The minimum atomic E-state index is -0.0182. The molecule has 4 rings (SSSR count). The third-order valence-corrected chi connectivity index (χ3v) is 6.64. The third-order valence-electron chi connectivity index (χ3n) is 4.84. The highest BCUT2D eigenvalue weighted by Crippen LogP contribution is 2.33. The number of para-hydroxylation sites is 2. The molecular weight excluding hydrogens is 440 g/mol. The molecule has 0 bridgehead atoms. The summed E-state index contributed by atoms with van der Waals surface area (Å²) in [5.74, 6) is 1.70.